The maximum atomic E-state index is 13.4. The molecule has 0 fully saturated rings. The Balaban J connectivity index is 1.48. The predicted octanol–water partition coefficient (Wildman–Crippen LogP) is 5.66. The first kappa shape index (κ1) is 21.5. The van der Waals surface area contributed by atoms with Gasteiger partial charge >= 0.3 is 0 Å². The van der Waals surface area contributed by atoms with Crippen molar-refractivity contribution >= 4 is 23.2 Å². The smallest absolute Gasteiger partial charge is 0.224 e. The van der Waals surface area contributed by atoms with Gasteiger partial charge in [0.25, 0.3) is 0 Å². The average Bonchev–Trinajstić information content (AvgIpc) is 2.67. The van der Waals surface area contributed by atoms with E-state index < -0.39 is 11.6 Å². The van der Waals surface area contributed by atoms with Gasteiger partial charge in [-0.3, -0.25) is 9.59 Å². The number of amides is 2. The number of carbonyl (C=O) groups excluding carboxylic acids is 2. The molecule has 0 aliphatic carbocycles. The van der Waals surface area contributed by atoms with Crippen LogP contribution in [-0.4, -0.2) is 11.8 Å². The van der Waals surface area contributed by atoms with Gasteiger partial charge in [-0.05, 0) is 37.1 Å². The number of hydrogen-bond donors (Lipinski definition) is 2. The molecule has 150 valence electrons. The molecular formula is C22H26F2N2O2. The number of benzene rings is 2. The predicted molar refractivity (Wildman–Crippen MR) is 107 cm³/mol. The minimum Gasteiger partial charge on any atom is -0.324 e. The molecule has 0 aliphatic rings. The number of para-hydroxylation sites is 2. The summed E-state index contributed by atoms with van der Waals surface area (Å²) in [5, 5.41) is 5.15. The van der Waals surface area contributed by atoms with E-state index in [1.54, 1.807) is 24.3 Å². The Hall–Kier alpha value is -2.76. The first-order valence-corrected chi connectivity index (χ1v) is 9.65. The molecule has 4 nitrogen and oxygen atoms in total. The molecule has 2 aromatic rings. The molecular weight excluding hydrogens is 362 g/mol. The maximum absolute atomic E-state index is 13.4. The first-order valence-electron chi connectivity index (χ1n) is 9.65. The lowest BCUT2D eigenvalue weighted by Gasteiger charge is -2.07. The lowest BCUT2D eigenvalue weighted by molar-refractivity contribution is -0.117. The van der Waals surface area contributed by atoms with E-state index in [1.165, 1.54) is 24.3 Å². The van der Waals surface area contributed by atoms with Crippen LogP contribution < -0.4 is 10.6 Å². The van der Waals surface area contributed by atoms with Crippen molar-refractivity contribution < 1.29 is 18.4 Å². The molecule has 0 heterocycles. The van der Waals surface area contributed by atoms with E-state index in [-0.39, 0.29) is 23.2 Å². The van der Waals surface area contributed by atoms with Crippen molar-refractivity contribution in [1.82, 2.24) is 0 Å². The third kappa shape index (κ3) is 7.86. The van der Waals surface area contributed by atoms with Crippen LogP contribution in [0, 0.1) is 11.6 Å². The second-order valence-electron chi connectivity index (χ2n) is 6.68. The highest BCUT2D eigenvalue weighted by molar-refractivity contribution is 5.91. The van der Waals surface area contributed by atoms with E-state index in [0.717, 1.165) is 38.5 Å². The van der Waals surface area contributed by atoms with Gasteiger partial charge in [0, 0.05) is 12.8 Å². The van der Waals surface area contributed by atoms with Gasteiger partial charge in [0.1, 0.15) is 11.6 Å². The third-order valence-corrected chi connectivity index (χ3v) is 4.35. The van der Waals surface area contributed by atoms with E-state index in [4.69, 9.17) is 0 Å². The number of rotatable bonds is 11. The summed E-state index contributed by atoms with van der Waals surface area (Å²) in [6, 6.07) is 12.2. The van der Waals surface area contributed by atoms with Crippen LogP contribution in [0.2, 0.25) is 0 Å². The van der Waals surface area contributed by atoms with E-state index in [0.29, 0.717) is 12.8 Å². The zero-order chi connectivity index (χ0) is 20.2. The summed E-state index contributed by atoms with van der Waals surface area (Å²) in [6.45, 7) is 0. The number of carbonyl (C=O) groups is 2. The number of hydrogen-bond acceptors (Lipinski definition) is 2. The van der Waals surface area contributed by atoms with Gasteiger partial charge in [-0.2, -0.15) is 0 Å². The van der Waals surface area contributed by atoms with Crippen molar-refractivity contribution in [2.45, 2.75) is 51.4 Å². The molecule has 2 rings (SSSR count). The van der Waals surface area contributed by atoms with E-state index >= 15 is 0 Å². The first-order chi connectivity index (χ1) is 13.6. The molecule has 6 heteroatoms. The lowest BCUT2D eigenvalue weighted by atomic mass is 10.1. The Morgan fingerprint density at radius 2 is 0.964 bits per heavy atom. The van der Waals surface area contributed by atoms with Crippen LogP contribution in [0.5, 0.6) is 0 Å². The minimum absolute atomic E-state index is 0.185. The van der Waals surface area contributed by atoms with Crippen molar-refractivity contribution in [3.63, 3.8) is 0 Å². The Morgan fingerprint density at radius 1 is 0.607 bits per heavy atom. The highest BCUT2D eigenvalue weighted by Crippen LogP contribution is 2.15. The normalized spacial score (nSPS) is 10.5. The van der Waals surface area contributed by atoms with Gasteiger partial charge in [-0.25, -0.2) is 8.78 Å². The monoisotopic (exact) mass is 388 g/mol. The molecule has 0 saturated carbocycles. The average molecular weight is 388 g/mol. The summed E-state index contributed by atoms with van der Waals surface area (Å²) < 4.78 is 26.9. The largest absolute Gasteiger partial charge is 0.324 e. The fraction of sp³-hybridized carbons (Fsp3) is 0.364. The molecule has 0 saturated heterocycles. The van der Waals surface area contributed by atoms with Crippen LogP contribution >= 0.6 is 0 Å². The minimum atomic E-state index is -0.435. The number of anilines is 2. The SMILES string of the molecule is O=C(CCCCCCCCC(=O)Nc1ccccc1F)Nc1ccccc1F. The summed E-state index contributed by atoms with van der Waals surface area (Å²) in [5.74, 6) is -1.24. The van der Waals surface area contributed by atoms with Crippen molar-refractivity contribution in [1.29, 1.82) is 0 Å². The van der Waals surface area contributed by atoms with Crippen molar-refractivity contribution in [2.24, 2.45) is 0 Å². The molecule has 2 aromatic carbocycles. The van der Waals surface area contributed by atoms with Gasteiger partial charge in [-0.1, -0.05) is 49.9 Å². The van der Waals surface area contributed by atoms with Gasteiger partial charge < -0.3 is 10.6 Å². The molecule has 0 aliphatic heterocycles. The van der Waals surface area contributed by atoms with E-state index in [2.05, 4.69) is 10.6 Å². The highest BCUT2D eigenvalue weighted by Gasteiger charge is 2.07. The molecule has 0 unspecified atom stereocenters. The molecule has 0 atom stereocenters. The zero-order valence-corrected chi connectivity index (χ0v) is 15.8. The molecule has 0 radical (unpaired) electrons. The molecule has 0 bridgehead atoms. The van der Waals surface area contributed by atoms with Crippen LogP contribution in [0.25, 0.3) is 0 Å². The van der Waals surface area contributed by atoms with Crippen molar-refractivity contribution in [2.75, 3.05) is 10.6 Å². The summed E-state index contributed by atoms with van der Waals surface area (Å²) in [6.07, 6.45) is 5.98. The molecule has 0 spiro atoms. The summed E-state index contributed by atoms with van der Waals surface area (Å²) in [5.41, 5.74) is 0.419. The van der Waals surface area contributed by atoms with Crippen LogP contribution in [0.3, 0.4) is 0 Å². The Labute approximate surface area is 164 Å². The number of halogens is 2. The molecule has 0 aromatic heterocycles. The topological polar surface area (TPSA) is 58.2 Å². The molecule has 2 amide bonds. The molecule has 28 heavy (non-hydrogen) atoms. The quantitative estimate of drug-likeness (QED) is 0.488. The summed E-state index contributed by atoms with van der Waals surface area (Å²) in [7, 11) is 0. The van der Waals surface area contributed by atoms with E-state index in [9.17, 15) is 18.4 Å². The lowest BCUT2D eigenvalue weighted by Crippen LogP contribution is -2.12. The third-order valence-electron chi connectivity index (χ3n) is 4.35. The highest BCUT2D eigenvalue weighted by atomic mass is 19.1. The standard InChI is InChI=1S/C22H26F2N2O2/c23-17-11-7-9-13-19(17)25-21(27)15-5-3-1-2-4-6-16-22(28)26-20-14-10-8-12-18(20)24/h7-14H,1-6,15-16H2,(H,25,27)(H,26,28). The maximum Gasteiger partial charge on any atom is 0.224 e. The second kappa shape index (κ2) is 11.8. The fourth-order valence-corrected chi connectivity index (χ4v) is 2.83. The van der Waals surface area contributed by atoms with Crippen molar-refractivity contribution in [3.8, 4) is 0 Å². The van der Waals surface area contributed by atoms with Crippen LogP contribution in [0.15, 0.2) is 48.5 Å². The second-order valence-corrected chi connectivity index (χ2v) is 6.68. The Morgan fingerprint density at radius 3 is 1.36 bits per heavy atom. The van der Waals surface area contributed by atoms with Gasteiger partial charge in [-0.15, -0.1) is 0 Å². The molecule has 2 N–H and O–H groups in total. The van der Waals surface area contributed by atoms with Gasteiger partial charge in [0.2, 0.25) is 11.8 Å². The Kier molecular flexibility index (Phi) is 9.11. The summed E-state index contributed by atoms with van der Waals surface area (Å²) in [4.78, 5) is 23.6. The van der Waals surface area contributed by atoms with Gasteiger partial charge in [0.05, 0.1) is 11.4 Å². The van der Waals surface area contributed by atoms with Gasteiger partial charge in [0.15, 0.2) is 0 Å². The summed E-state index contributed by atoms with van der Waals surface area (Å²) >= 11 is 0. The van der Waals surface area contributed by atoms with E-state index in [1.807, 2.05) is 0 Å². The van der Waals surface area contributed by atoms with Crippen molar-refractivity contribution in [3.05, 3.63) is 60.2 Å². The zero-order valence-electron chi connectivity index (χ0n) is 15.8. The number of nitrogens with one attached hydrogen (secondary N) is 2. The number of unbranched alkanes of at least 4 members (excludes halogenated alkanes) is 5. The Bertz CT molecular complexity index is 715. The van der Waals surface area contributed by atoms with Crippen LogP contribution in [-0.2, 0) is 9.59 Å². The fourth-order valence-electron chi connectivity index (χ4n) is 2.83. The van der Waals surface area contributed by atoms with Crippen LogP contribution in [0.4, 0.5) is 20.2 Å². The van der Waals surface area contributed by atoms with Crippen LogP contribution in [0.1, 0.15) is 51.4 Å².